The Morgan fingerprint density at radius 3 is 2.37 bits per heavy atom. The van der Waals surface area contributed by atoms with Gasteiger partial charge < -0.3 is 14.4 Å². The first-order valence-electron chi connectivity index (χ1n) is 12.5. The van der Waals surface area contributed by atoms with Gasteiger partial charge in [-0.2, -0.15) is 0 Å². The first-order chi connectivity index (χ1) is 18.2. The predicted molar refractivity (Wildman–Crippen MR) is 149 cm³/mol. The van der Waals surface area contributed by atoms with E-state index in [4.69, 9.17) is 32.7 Å². The van der Waals surface area contributed by atoms with Crippen molar-refractivity contribution in [3.63, 3.8) is 0 Å². The van der Waals surface area contributed by atoms with Crippen molar-refractivity contribution < 1.29 is 22.7 Å². The average Bonchev–Trinajstić information content (AvgIpc) is 3.53. The fourth-order valence-electron chi connectivity index (χ4n) is 5.09. The van der Waals surface area contributed by atoms with Gasteiger partial charge in [0, 0.05) is 24.6 Å². The molecule has 1 aliphatic carbocycles. The van der Waals surface area contributed by atoms with Gasteiger partial charge in [0.2, 0.25) is 5.91 Å². The van der Waals surface area contributed by atoms with Crippen molar-refractivity contribution in [2.45, 2.75) is 49.0 Å². The molecule has 1 heterocycles. The van der Waals surface area contributed by atoms with E-state index in [9.17, 15) is 13.2 Å². The molecule has 1 amide bonds. The Morgan fingerprint density at radius 1 is 0.947 bits per heavy atom. The van der Waals surface area contributed by atoms with E-state index in [0.717, 1.165) is 18.4 Å². The number of nitrogens with one attached hydrogen (secondary N) is 1. The molecule has 2 aliphatic rings. The molecule has 1 N–H and O–H groups in total. The molecule has 0 aromatic heterocycles. The van der Waals surface area contributed by atoms with Gasteiger partial charge in [0.15, 0.2) is 11.5 Å². The van der Waals surface area contributed by atoms with E-state index in [0.29, 0.717) is 35.8 Å². The summed E-state index contributed by atoms with van der Waals surface area (Å²) >= 11 is 12.2. The van der Waals surface area contributed by atoms with Crippen molar-refractivity contribution in [1.82, 2.24) is 0 Å². The maximum absolute atomic E-state index is 13.0. The number of rotatable bonds is 8. The van der Waals surface area contributed by atoms with E-state index < -0.39 is 10.0 Å². The third kappa shape index (κ3) is 5.58. The lowest BCUT2D eigenvalue weighted by Gasteiger charge is -2.20. The number of sulfonamides is 1. The fourth-order valence-corrected chi connectivity index (χ4v) is 7.28. The smallest absolute Gasteiger partial charge is 0.264 e. The van der Waals surface area contributed by atoms with Gasteiger partial charge in [-0.1, -0.05) is 41.4 Å². The van der Waals surface area contributed by atoms with Gasteiger partial charge in [0.25, 0.3) is 10.0 Å². The summed E-state index contributed by atoms with van der Waals surface area (Å²) < 4.78 is 40.3. The van der Waals surface area contributed by atoms with Gasteiger partial charge in [-0.15, -0.1) is 0 Å². The predicted octanol–water partition coefficient (Wildman–Crippen LogP) is 6.64. The molecular formula is C28H28Cl2N2O5S. The minimum absolute atomic E-state index is 0.0227. The van der Waals surface area contributed by atoms with Crippen LogP contribution in [-0.4, -0.2) is 34.1 Å². The van der Waals surface area contributed by atoms with Crippen molar-refractivity contribution in [1.29, 1.82) is 0 Å². The van der Waals surface area contributed by atoms with Crippen LogP contribution in [0.5, 0.6) is 11.5 Å². The van der Waals surface area contributed by atoms with E-state index in [-0.39, 0.29) is 32.9 Å². The molecule has 1 atom stereocenters. The number of hydrogen-bond acceptors (Lipinski definition) is 5. The van der Waals surface area contributed by atoms with E-state index in [1.807, 2.05) is 18.2 Å². The largest absolute Gasteiger partial charge is 0.493 e. The SMILES string of the molecule is COc1ccc(C2CC(=O)N(c3cccc(NS(=O)(=O)c4c(Cl)cccc4Cl)c3)C2)cc1OC1CCCC1. The van der Waals surface area contributed by atoms with Gasteiger partial charge in [-0.05, 0) is 73.7 Å². The normalized spacial score (nSPS) is 18.1. The van der Waals surface area contributed by atoms with Crippen molar-refractivity contribution in [2.24, 2.45) is 0 Å². The Bertz CT molecular complexity index is 1440. The molecule has 200 valence electrons. The topological polar surface area (TPSA) is 84.9 Å². The zero-order valence-corrected chi connectivity index (χ0v) is 23.2. The molecule has 1 aliphatic heterocycles. The molecule has 3 aromatic carbocycles. The Kier molecular flexibility index (Phi) is 7.75. The van der Waals surface area contributed by atoms with E-state index >= 15 is 0 Å². The number of methoxy groups -OCH3 is 1. The van der Waals surface area contributed by atoms with Gasteiger partial charge in [-0.3, -0.25) is 9.52 Å². The first kappa shape index (κ1) is 26.7. The van der Waals surface area contributed by atoms with Crippen LogP contribution in [0, 0.1) is 0 Å². The quantitative estimate of drug-likeness (QED) is 0.325. The van der Waals surface area contributed by atoms with Crippen LogP contribution >= 0.6 is 23.2 Å². The van der Waals surface area contributed by atoms with Gasteiger partial charge in [0.05, 0.1) is 28.9 Å². The van der Waals surface area contributed by atoms with Crippen LogP contribution in [0.4, 0.5) is 11.4 Å². The first-order valence-corrected chi connectivity index (χ1v) is 14.7. The second kappa shape index (κ2) is 11.0. The molecule has 1 saturated heterocycles. The summed E-state index contributed by atoms with van der Waals surface area (Å²) in [5.74, 6) is 1.30. The molecule has 5 rings (SSSR count). The molecule has 0 radical (unpaired) electrons. The minimum atomic E-state index is -4.05. The van der Waals surface area contributed by atoms with Crippen LogP contribution in [0.25, 0.3) is 0 Å². The number of carbonyl (C=O) groups is 1. The van der Waals surface area contributed by atoms with Crippen molar-refractivity contribution in [2.75, 3.05) is 23.3 Å². The number of hydrogen-bond donors (Lipinski definition) is 1. The second-order valence-corrected chi connectivity index (χ2v) is 12.0. The Morgan fingerprint density at radius 2 is 1.66 bits per heavy atom. The highest BCUT2D eigenvalue weighted by Crippen LogP contribution is 2.39. The monoisotopic (exact) mass is 574 g/mol. The molecular weight excluding hydrogens is 547 g/mol. The Balaban J connectivity index is 1.35. The van der Waals surface area contributed by atoms with Crippen LogP contribution in [0.1, 0.15) is 43.6 Å². The number of benzene rings is 3. The highest BCUT2D eigenvalue weighted by Gasteiger charge is 2.33. The number of carbonyl (C=O) groups excluding carboxylic acids is 1. The number of ether oxygens (including phenoxy) is 2. The number of halogens is 2. The van der Waals surface area contributed by atoms with Crippen molar-refractivity contribution >= 4 is 50.5 Å². The summed E-state index contributed by atoms with van der Waals surface area (Å²) in [4.78, 5) is 14.5. The molecule has 38 heavy (non-hydrogen) atoms. The van der Waals surface area contributed by atoms with Gasteiger partial charge in [-0.25, -0.2) is 8.42 Å². The van der Waals surface area contributed by atoms with Crippen LogP contribution in [-0.2, 0) is 14.8 Å². The van der Waals surface area contributed by atoms with Crippen LogP contribution in [0.3, 0.4) is 0 Å². The standard InChI is InChI=1S/C28H28Cl2N2O5S/c1-36-25-13-12-18(14-26(25)37-22-8-2-3-9-22)19-15-27(33)32(17-19)21-7-4-6-20(16-21)31-38(34,35)28-23(29)10-5-11-24(28)30/h4-7,10-14,16,19,22,31H,2-3,8-9,15,17H2,1H3. The Hall–Kier alpha value is -2.94. The van der Waals surface area contributed by atoms with Crippen molar-refractivity contribution in [3.05, 3.63) is 76.3 Å². The highest BCUT2D eigenvalue weighted by molar-refractivity contribution is 7.93. The van der Waals surface area contributed by atoms with E-state index in [2.05, 4.69) is 4.72 Å². The second-order valence-electron chi connectivity index (χ2n) is 9.55. The third-order valence-corrected chi connectivity index (χ3v) is 9.31. The average molecular weight is 576 g/mol. The van der Waals surface area contributed by atoms with Crippen LogP contribution in [0.15, 0.2) is 65.6 Å². The summed E-state index contributed by atoms with van der Waals surface area (Å²) in [5, 5.41) is 0.0453. The van der Waals surface area contributed by atoms with Crippen LogP contribution < -0.4 is 19.1 Å². The van der Waals surface area contributed by atoms with Gasteiger partial charge in [0.1, 0.15) is 4.90 Å². The number of nitrogens with zero attached hydrogens (tertiary/aromatic N) is 1. The lowest BCUT2D eigenvalue weighted by Crippen LogP contribution is -2.24. The third-order valence-electron chi connectivity index (χ3n) is 6.98. The number of anilines is 2. The zero-order valence-electron chi connectivity index (χ0n) is 20.8. The van der Waals surface area contributed by atoms with E-state index in [1.54, 1.807) is 42.3 Å². The molecule has 1 unspecified atom stereocenters. The fraction of sp³-hybridized carbons (Fsp3) is 0.321. The molecule has 0 spiro atoms. The lowest BCUT2D eigenvalue weighted by atomic mass is 9.98. The van der Waals surface area contributed by atoms with Crippen LogP contribution in [0.2, 0.25) is 10.0 Å². The zero-order chi connectivity index (χ0) is 26.9. The lowest BCUT2D eigenvalue weighted by molar-refractivity contribution is -0.117. The molecule has 10 heteroatoms. The molecule has 3 aromatic rings. The Labute approximate surface area is 232 Å². The van der Waals surface area contributed by atoms with Crippen molar-refractivity contribution in [3.8, 4) is 11.5 Å². The molecule has 2 fully saturated rings. The van der Waals surface area contributed by atoms with Gasteiger partial charge >= 0.3 is 0 Å². The summed E-state index contributed by atoms with van der Waals surface area (Å²) in [6.07, 6.45) is 4.92. The summed E-state index contributed by atoms with van der Waals surface area (Å²) in [7, 11) is -2.42. The summed E-state index contributed by atoms with van der Waals surface area (Å²) in [5.41, 5.74) is 1.89. The molecule has 7 nitrogen and oxygen atoms in total. The minimum Gasteiger partial charge on any atom is -0.493 e. The highest BCUT2D eigenvalue weighted by atomic mass is 35.5. The maximum Gasteiger partial charge on any atom is 0.264 e. The van der Waals surface area contributed by atoms with E-state index in [1.165, 1.54) is 25.0 Å². The number of amides is 1. The summed E-state index contributed by atoms with van der Waals surface area (Å²) in [6, 6.07) is 17.1. The molecule has 1 saturated carbocycles. The maximum atomic E-state index is 13.0. The summed E-state index contributed by atoms with van der Waals surface area (Å²) in [6.45, 7) is 0.459. The molecule has 0 bridgehead atoms.